The molecular weight excluding hydrogens is 1170 g/mol. The summed E-state index contributed by atoms with van der Waals surface area (Å²) in [5.74, 6) is -1.25. The largest absolute Gasteiger partial charge is 0.458 e. The standard InChI is InChI=1S/C65H107BrO14Si3/c1-18-83(19-2,20-3)70-32-24-27-46-33-41(4)43(6)52(72-46)38-53-50(56(69-13)54(75-53)37-49(80-82(16,17)64(10,11)12)40-71-81(14,15)63(7,8)9)36-45(67)35-47-28-29-51-57(73-47)61-60-59(76-51)58-55(77-60)39-65(78-58,79-61)31-30-48(34-42(5)66)74-62(68)44-25-22-21-23-26-44/h21-23,25-26,41,46-61H,5-6,18-20,24,27-40H2,1-4,7-17H3/t41-,46?,47?,48-,49?,50?,51?,52-,53?,54?,55?,56-,57+,58+,59+,60-,61+,65+/m1/s1. The van der Waals surface area contributed by atoms with E-state index in [2.05, 4.69) is 125 Å². The molecule has 470 valence electrons. The van der Waals surface area contributed by atoms with E-state index in [1.54, 1.807) is 19.2 Å². The third-order valence-corrected chi connectivity index (χ3v) is 35.1. The van der Waals surface area contributed by atoms with Crippen molar-refractivity contribution in [2.24, 2.45) is 11.8 Å². The van der Waals surface area contributed by atoms with Crippen molar-refractivity contribution in [1.82, 2.24) is 0 Å². The first kappa shape index (κ1) is 67.5. The molecule has 18 heteroatoms. The summed E-state index contributed by atoms with van der Waals surface area (Å²) in [5.41, 5.74) is 1.57. The van der Waals surface area contributed by atoms with Crippen molar-refractivity contribution in [3.05, 3.63) is 59.1 Å². The Hall–Kier alpha value is -1.47. The summed E-state index contributed by atoms with van der Waals surface area (Å²) in [6, 6.07) is 12.5. The molecule has 8 aliphatic rings. The SMILES string of the molecule is C=C(Br)C[C@@H](CC[C@@]12CC3O[C@H]4[C@@H](O1)[C@H]1OC(CC(=O)CC5C(C[C@H]6OC(CCCO[Si](CC)(CC)CC)C[C@@H](C)C6=C)OC(CC(CO[Si](C)(C)C(C)(C)C)O[Si](C)(C)C(C)(C)C)[C@@H]5OC)CCC1O[C@H]4[C@H]3O2)OC(=O)c1ccccc1. The van der Waals surface area contributed by atoms with Gasteiger partial charge in [-0.15, -0.1) is 0 Å². The predicted molar refractivity (Wildman–Crippen MR) is 335 cm³/mol. The number of esters is 1. The molecule has 18 atom stereocenters. The van der Waals surface area contributed by atoms with Crippen molar-refractivity contribution in [2.45, 2.75) is 304 Å². The molecule has 0 saturated carbocycles. The molecule has 6 bridgehead atoms. The fourth-order valence-electron chi connectivity index (χ4n) is 13.8. The van der Waals surface area contributed by atoms with Crippen molar-refractivity contribution in [3.63, 3.8) is 0 Å². The summed E-state index contributed by atoms with van der Waals surface area (Å²) in [6.45, 7) is 41.9. The van der Waals surface area contributed by atoms with Crippen LogP contribution in [0.1, 0.15) is 163 Å². The zero-order chi connectivity index (χ0) is 60.5. The molecule has 0 aliphatic carbocycles. The van der Waals surface area contributed by atoms with Gasteiger partial charge in [-0.1, -0.05) is 117 Å². The fraction of sp³-hybridized carbons (Fsp3) is 0.815. The molecule has 1 aromatic carbocycles. The van der Waals surface area contributed by atoms with Crippen LogP contribution in [0, 0.1) is 11.8 Å². The third kappa shape index (κ3) is 15.9. The molecule has 8 heterocycles. The highest BCUT2D eigenvalue weighted by Gasteiger charge is 2.69. The number of ether oxygens (including phenoxy) is 9. The molecule has 83 heavy (non-hydrogen) atoms. The molecule has 0 N–H and O–H groups in total. The number of rotatable bonds is 29. The number of Topliss-reactive ketones (excluding diaryl/α,β-unsaturated/α-hetero) is 1. The van der Waals surface area contributed by atoms with Crippen LogP contribution in [0.25, 0.3) is 0 Å². The minimum atomic E-state index is -2.28. The van der Waals surface area contributed by atoms with Crippen molar-refractivity contribution in [3.8, 4) is 0 Å². The van der Waals surface area contributed by atoms with Gasteiger partial charge in [0.2, 0.25) is 0 Å². The number of fused-ring (bicyclic) bond motifs is 1. The Balaban J connectivity index is 0.982. The van der Waals surface area contributed by atoms with Gasteiger partial charge in [0.1, 0.15) is 42.4 Å². The average molecular weight is 1280 g/mol. The van der Waals surface area contributed by atoms with Crippen LogP contribution in [-0.2, 0) is 60.7 Å². The normalized spacial score (nSPS) is 34.4. The molecule has 0 amide bonds. The van der Waals surface area contributed by atoms with E-state index in [4.69, 9.17) is 55.9 Å². The van der Waals surface area contributed by atoms with Crippen LogP contribution in [0.2, 0.25) is 54.4 Å². The Kier molecular flexibility index (Phi) is 22.5. The summed E-state index contributed by atoms with van der Waals surface area (Å²) in [7, 11) is -4.35. The minimum absolute atomic E-state index is 0.0211. The first-order valence-corrected chi connectivity index (χ1v) is 41.1. The first-order chi connectivity index (χ1) is 39.0. The number of hydrogen-bond donors (Lipinski definition) is 0. The minimum Gasteiger partial charge on any atom is -0.458 e. The molecule has 8 aliphatic heterocycles. The van der Waals surface area contributed by atoms with Crippen molar-refractivity contribution >= 4 is 52.6 Å². The number of carbonyl (C=O) groups is 2. The molecule has 0 radical (unpaired) electrons. The molecule has 1 aromatic rings. The van der Waals surface area contributed by atoms with Gasteiger partial charge < -0.3 is 55.9 Å². The zero-order valence-corrected chi connectivity index (χ0v) is 58.0. The van der Waals surface area contributed by atoms with E-state index in [0.29, 0.717) is 57.1 Å². The van der Waals surface area contributed by atoms with E-state index >= 15 is 0 Å². The van der Waals surface area contributed by atoms with Gasteiger partial charge in [-0.25, -0.2) is 4.79 Å². The van der Waals surface area contributed by atoms with Gasteiger partial charge in [0.15, 0.2) is 30.7 Å². The Morgan fingerprint density at radius 1 is 0.783 bits per heavy atom. The number of carbonyl (C=O) groups excluding carboxylic acids is 2. The van der Waals surface area contributed by atoms with Gasteiger partial charge in [0, 0.05) is 64.6 Å². The lowest BCUT2D eigenvalue weighted by Gasteiger charge is -2.47. The van der Waals surface area contributed by atoms with Gasteiger partial charge >= 0.3 is 5.97 Å². The summed E-state index contributed by atoms with van der Waals surface area (Å²) in [5, 5.41) is 0.00586. The number of halogens is 1. The van der Waals surface area contributed by atoms with E-state index in [1.807, 2.05) is 18.2 Å². The molecule has 9 rings (SSSR count). The van der Waals surface area contributed by atoms with Gasteiger partial charge in [0.05, 0.1) is 67.1 Å². The van der Waals surface area contributed by atoms with E-state index in [1.165, 1.54) is 0 Å². The summed E-state index contributed by atoms with van der Waals surface area (Å²) < 4.78 is 83.3. The maximum absolute atomic E-state index is 15.0. The summed E-state index contributed by atoms with van der Waals surface area (Å²) in [4.78, 5) is 28.2. The molecule has 14 nitrogen and oxygen atoms in total. The van der Waals surface area contributed by atoms with Crippen LogP contribution in [0.3, 0.4) is 0 Å². The Morgan fingerprint density at radius 2 is 1.45 bits per heavy atom. The van der Waals surface area contributed by atoms with Gasteiger partial charge in [-0.2, -0.15) is 0 Å². The van der Waals surface area contributed by atoms with Crippen molar-refractivity contribution in [2.75, 3.05) is 20.3 Å². The topological polar surface area (TPSA) is 145 Å². The fourth-order valence-corrected chi connectivity index (χ4v) is 19.2. The second-order valence-electron chi connectivity index (χ2n) is 28.8. The quantitative estimate of drug-likeness (QED) is 0.0325. The Morgan fingerprint density at radius 3 is 2.10 bits per heavy atom. The maximum atomic E-state index is 15.0. The summed E-state index contributed by atoms with van der Waals surface area (Å²) in [6.07, 6.45) is 3.17. The van der Waals surface area contributed by atoms with Crippen LogP contribution in [0.5, 0.6) is 0 Å². The number of methoxy groups -OCH3 is 1. The lowest BCUT2D eigenvalue weighted by Crippen LogP contribution is -2.61. The molecule has 8 fully saturated rings. The van der Waals surface area contributed by atoms with E-state index < -0.39 is 49.1 Å². The van der Waals surface area contributed by atoms with E-state index in [9.17, 15) is 9.59 Å². The molecular formula is C65H107BrO14Si3. The first-order valence-electron chi connectivity index (χ1n) is 31.9. The van der Waals surface area contributed by atoms with Gasteiger partial charge in [-0.05, 0) is 121 Å². The highest BCUT2D eigenvalue weighted by Crippen LogP contribution is 2.54. The third-order valence-electron chi connectivity index (χ3n) is 21.1. The highest BCUT2D eigenvalue weighted by molar-refractivity contribution is 9.11. The number of benzene rings is 1. The molecule has 0 aromatic heterocycles. The molecule has 0 spiro atoms. The second kappa shape index (κ2) is 27.7. The molecule has 8 unspecified atom stereocenters. The zero-order valence-electron chi connectivity index (χ0n) is 53.4. The second-order valence-corrected chi connectivity index (χ2v) is 44.2. The Labute approximate surface area is 511 Å². The lowest BCUT2D eigenvalue weighted by molar-refractivity contribution is -0.292. The number of ketones is 1. The van der Waals surface area contributed by atoms with Gasteiger partial charge in [-0.3, -0.25) is 4.79 Å². The van der Waals surface area contributed by atoms with E-state index in [0.717, 1.165) is 60.5 Å². The highest BCUT2D eigenvalue weighted by atomic mass is 79.9. The number of hydrogen-bond acceptors (Lipinski definition) is 14. The predicted octanol–water partition coefficient (Wildman–Crippen LogP) is 14.3. The van der Waals surface area contributed by atoms with E-state index in [-0.39, 0.29) is 120 Å². The van der Waals surface area contributed by atoms with Crippen LogP contribution in [0.15, 0.2) is 53.5 Å². The van der Waals surface area contributed by atoms with Crippen LogP contribution < -0.4 is 0 Å². The van der Waals surface area contributed by atoms with Crippen LogP contribution in [-0.4, -0.2) is 154 Å². The smallest absolute Gasteiger partial charge is 0.338 e. The van der Waals surface area contributed by atoms with Crippen molar-refractivity contribution < 1.29 is 65.5 Å². The molecule has 8 saturated heterocycles. The summed E-state index contributed by atoms with van der Waals surface area (Å²) >= 11 is 3.51. The monoisotopic (exact) mass is 1270 g/mol. The van der Waals surface area contributed by atoms with Crippen LogP contribution >= 0.6 is 15.9 Å². The van der Waals surface area contributed by atoms with Crippen LogP contribution in [0.4, 0.5) is 0 Å². The van der Waals surface area contributed by atoms with Crippen molar-refractivity contribution in [1.29, 1.82) is 0 Å². The van der Waals surface area contributed by atoms with Gasteiger partial charge in [0.25, 0.3) is 0 Å². The average Bonchev–Trinajstić information content (AvgIpc) is 1.66. The Bertz CT molecular complexity index is 2330. The lowest BCUT2D eigenvalue weighted by atomic mass is 9.81. The maximum Gasteiger partial charge on any atom is 0.338 e.